The predicted octanol–water partition coefficient (Wildman–Crippen LogP) is 4.55. The van der Waals surface area contributed by atoms with Crippen molar-refractivity contribution in [2.24, 2.45) is 0 Å². The van der Waals surface area contributed by atoms with Crippen LogP contribution >= 0.6 is 0 Å². The van der Waals surface area contributed by atoms with Gasteiger partial charge in [0, 0.05) is 5.56 Å². The molecule has 3 aromatic rings. The number of carbonyl (C=O) groups is 3. The number of ketones is 1. The molecule has 1 atom stereocenters. The number of hydrogen-bond acceptors (Lipinski definition) is 6. The van der Waals surface area contributed by atoms with Gasteiger partial charge in [-0.2, -0.15) is 0 Å². The lowest BCUT2D eigenvalue weighted by Gasteiger charge is -2.17. The summed E-state index contributed by atoms with van der Waals surface area (Å²) in [7, 11) is 1.33. The smallest absolute Gasteiger partial charge is 0.338 e. The Morgan fingerprint density at radius 3 is 2.32 bits per heavy atom. The summed E-state index contributed by atoms with van der Waals surface area (Å²) in [6, 6.07) is 17.9. The third-order valence-electron chi connectivity index (χ3n) is 4.89. The Morgan fingerprint density at radius 2 is 1.68 bits per heavy atom. The van der Waals surface area contributed by atoms with Crippen molar-refractivity contribution < 1.29 is 28.3 Å². The van der Waals surface area contributed by atoms with Crippen molar-refractivity contribution in [1.29, 1.82) is 0 Å². The lowest BCUT2D eigenvalue weighted by Crippen LogP contribution is -2.08. The quantitative estimate of drug-likeness (QED) is 0.393. The van der Waals surface area contributed by atoms with Crippen molar-refractivity contribution in [3.8, 4) is 0 Å². The van der Waals surface area contributed by atoms with Crippen LogP contribution in [0.5, 0.6) is 0 Å². The summed E-state index contributed by atoms with van der Waals surface area (Å²) in [5, 5.41) is 0. The molecule has 0 aliphatic carbocycles. The zero-order valence-electron chi connectivity index (χ0n) is 17.7. The first kappa shape index (κ1) is 22.0. The fraction of sp³-hybridized carbons (Fsp3) is 0.240. The van der Waals surface area contributed by atoms with E-state index >= 15 is 0 Å². The first-order valence-electron chi connectivity index (χ1n) is 9.96. The van der Waals surface area contributed by atoms with Crippen molar-refractivity contribution in [3.63, 3.8) is 0 Å². The number of esters is 2. The molecular formula is C25H24O6. The Bertz CT molecular complexity index is 1080. The average Bonchev–Trinajstić information content (AvgIpc) is 3.22. The zero-order valence-corrected chi connectivity index (χ0v) is 17.7. The summed E-state index contributed by atoms with van der Waals surface area (Å²) in [6.07, 6.45) is 0.0232. The molecule has 0 aliphatic heterocycles. The van der Waals surface area contributed by atoms with Crippen LogP contribution in [0.1, 0.15) is 63.1 Å². The number of carbonyl (C=O) groups excluding carboxylic acids is 3. The minimum atomic E-state index is -0.402. The van der Waals surface area contributed by atoms with E-state index in [4.69, 9.17) is 13.9 Å². The van der Waals surface area contributed by atoms with Crippen LogP contribution in [0, 0.1) is 0 Å². The van der Waals surface area contributed by atoms with E-state index in [0.717, 1.165) is 11.1 Å². The topological polar surface area (TPSA) is 82.8 Å². The van der Waals surface area contributed by atoms with Gasteiger partial charge in [-0.3, -0.25) is 9.59 Å². The number of hydrogen-bond donors (Lipinski definition) is 0. The maximum absolute atomic E-state index is 12.2. The third-order valence-corrected chi connectivity index (χ3v) is 4.89. The lowest BCUT2D eigenvalue weighted by atomic mass is 9.87. The highest BCUT2D eigenvalue weighted by atomic mass is 16.5. The van der Waals surface area contributed by atoms with Crippen molar-refractivity contribution in [1.82, 2.24) is 0 Å². The van der Waals surface area contributed by atoms with Crippen LogP contribution < -0.4 is 0 Å². The Morgan fingerprint density at radius 1 is 0.935 bits per heavy atom. The maximum atomic E-state index is 12.2. The van der Waals surface area contributed by atoms with Crippen molar-refractivity contribution in [2.45, 2.75) is 26.2 Å². The van der Waals surface area contributed by atoms with E-state index in [1.165, 1.54) is 14.0 Å². The van der Waals surface area contributed by atoms with Gasteiger partial charge in [-0.25, -0.2) is 4.79 Å². The Kier molecular flexibility index (Phi) is 7.03. The van der Waals surface area contributed by atoms with E-state index in [0.29, 0.717) is 22.6 Å². The van der Waals surface area contributed by atoms with E-state index in [9.17, 15) is 14.4 Å². The molecule has 0 saturated heterocycles. The summed E-state index contributed by atoms with van der Waals surface area (Å²) >= 11 is 0. The van der Waals surface area contributed by atoms with Gasteiger partial charge in [-0.1, -0.05) is 36.4 Å². The van der Waals surface area contributed by atoms with Crippen LogP contribution in [0.2, 0.25) is 0 Å². The SMILES string of the molecule is CCOC(=O)c1cccc(C(c2ccc(C(C)=O)cc2)c2ccc(CC(=O)OC)o2)c1. The molecule has 0 radical (unpaired) electrons. The number of rotatable bonds is 8. The first-order valence-corrected chi connectivity index (χ1v) is 9.96. The zero-order chi connectivity index (χ0) is 22.4. The molecule has 0 fully saturated rings. The van der Waals surface area contributed by atoms with Crippen molar-refractivity contribution >= 4 is 17.7 Å². The lowest BCUT2D eigenvalue weighted by molar-refractivity contribution is -0.140. The molecular weight excluding hydrogens is 396 g/mol. The number of ether oxygens (including phenoxy) is 2. The second-order valence-corrected chi connectivity index (χ2v) is 7.01. The van der Waals surface area contributed by atoms with Crippen molar-refractivity contribution in [3.05, 3.63) is 94.4 Å². The van der Waals surface area contributed by atoms with Gasteiger partial charge >= 0.3 is 11.9 Å². The van der Waals surface area contributed by atoms with Crippen LogP contribution in [-0.4, -0.2) is 31.4 Å². The normalized spacial score (nSPS) is 11.6. The Labute approximate surface area is 180 Å². The number of furan rings is 1. The monoisotopic (exact) mass is 420 g/mol. The molecule has 0 amide bonds. The van der Waals surface area contributed by atoms with Gasteiger partial charge < -0.3 is 13.9 Å². The molecule has 6 nitrogen and oxygen atoms in total. The number of Topliss-reactive ketones (excluding diaryl/α,β-unsaturated/α-hetero) is 1. The fourth-order valence-corrected chi connectivity index (χ4v) is 3.35. The van der Waals surface area contributed by atoms with Crippen LogP contribution in [0.15, 0.2) is 65.1 Å². The van der Waals surface area contributed by atoms with E-state index in [-0.39, 0.29) is 24.7 Å². The average molecular weight is 420 g/mol. The fourth-order valence-electron chi connectivity index (χ4n) is 3.35. The molecule has 0 spiro atoms. The van der Waals surface area contributed by atoms with Gasteiger partial charge in [0.2, 0.25) is 0 Å². The molecule has 1 unspecified atom stereocenters. The molecule has 1 heterocycles. The molecule has 2 aromatic carbocycles. The van der Waals surface area contributed by atoms with Crippen LogP contribution in [0.25, 0.3) is 0 Å². The van der Waals surface area contributed by atoms with E-state index < -0.39 is 11.9 Å². The van der Waals surface area contributed by atoms with E-state index in [1.807, 2.05) is 18.2 Å². The minimum absolute atomic E-state index is 0.0224. The molecule has 0 bridgehead atoms. The molecule has 160 valence electrons. The highest BCUT2D eigenvalue weighted by Crippen LogP contribution is 2.34. The molecule has 0 N–H and O–H groups in total. The summed E-state index contributed by atoms with van der Waals surface area (Å²) in [5.74, 6) is -0.0785. The van der Waals surface area contributed by atoms with Gasteiger partial charge in [0.15, 0.2) is 5.78 Å². The Balaban J connectivity index is 2.05. The summed E-state index contributed by atoms with van der Waals surface area (Å²) in [6.45, 7) is 3.56. The number of methoxy groups -OCH3 is 1. The van der Waals surface area contributed by atoms with Crippen LogP contribution in [-0.2, 0) is 20.7 Å². The van der Waals surface area contributed by atoms with E-state index in [1.54, 1.807) is 49.4 Å². The molecule has 0 saturated carbocycles. The minimum Gasteiger partial charge on any atom is -0.469 e. The highest BCUT2D eigenvalue weighted by Gasteiger charge is 2.23. The molecule has 1 aromatic heterocycles. The summed E-state index contributed by atoms with van der Waals surface area (Å²) < 4.78 is 15.8. The maximum Gasteiger partial charge on any atom is 0.338 e. The first-order chi connectivity index (χ1) is 14.9. The highest BCUT2D eigenvalue weighted by molar-refractivity contribution is 5.94. The van der Waals surface area contributed by atoms with Crippen molar-refractivity contribution in [2.75, 3.05) is 13.7 Å². The second-order valence-electron chi connectivity index (χ2n) is 7.01. The Hall–Kier alpha value is -3.67. The number of benzene rings is 2. The molecule has 3 rings (SSSR count). The van der Waals surface area contributed by atoms with E-state index in [2.05, 4.69) is 0 Å². The molecule has 0 aliphatic rings. The van der Waals surface area contributed by atoms with Gasteiger partial charge in [0.1, 0.15) is 17.9 Å². The summed E-state index contributed by atoms with van der Waals surface area (Å²) in [4.78, 5) is 35.5. The van der Waals surface area contributed by atoms with Crippen LogP contribution in [0.3, 0.4) is 0 Å². The predicted molar refractivity (Wildman–Crippen MR) is 114 cm³/mol. The summed E-state index contributed by atoms with van der Waals surface area (Å²) in [5.41, 5.74) is 2.74. The second kappa shape index (κ2) is 9.89. The van der Waals surface area contributed by atoms with Gasteiger partial charge in [-0.05, 0) is 49.2 Å². The van der Waals surface area contributed by atoms with Gasteiger partial charge in [-0.15, -0.1) is 0 Å². The largest absolute Gasteiger partial charge is 0.469 e. The molecule has 6 heteroatoms. The standard InChI is InChI=1S/C25H24O6/c1-4-30-25(28)20-7-5-6-19(14-20)24(18-10-8-17(9-11-18)16(2)26)22-13-12-21(31-22)15-23(27)29-3/h5-14,24H,4,15H2,1-3H3. The van der Waals surface area contributed by atoms with Gasteiger partial charge in [0.25, 0.3) is 0 Å². The van der Waals surface area contributed by atoms with Crippen LogP contribution in [0.4, 0.5) is 0 Å². The molecule has 31 heavy (non-hydrogen) atoms. The van der Waals surface area contributed by atoms with Gasteiger partial charge in [0.05, 0.1) is 25.2 Å². The third kappa shape index (κ3) is 5.28.